The average Bonchev–Trinajstić information content (AvgIpc) is 2.23. The van der Waals surface area contributed by atoms with Crippen molar-refractivity contribution in [3.8, 4) is 5.75 Å². The maximum absolute atomic E-state index is 10.0. The standard InChI is InChI=1S/C13H20ClNO2/c1-7-6-9(17-5)10(8(2)11(7)14)12(15)13(3,4)16/h6,12,16H,15H2,1-5H3. The molecule has 3 N–H and O–H groups in total. The maximum Gasteiger partial charge on any atom is 0.124 e. The first kappa shape index (κ1) is 14.3. The number of nitrogens with two attached hydrogens (primary N) is 1. The third kappa shape index (κ3) is 2.73. The summed E-state index contributed by atoms with van der Waals surface area (Å²) in [7, 11) is 1.59. The first-order chi connectivity index (χ1) is 7.70. The molecule has 0 aromatic heterocycles. The predicted octanol–water partition coefficient (Wildman–Crippen LogP) is 2.74. The van der Waals surface area contributed by atoms with E-state index in [0.717, 1.165) is 16.7 Å². The highest BCUT2D eigenvalue weighted by molar-refractivity contribution is 6.32. The van der Waals surface area contributed by atoms with Crippen molar-refractivity contribution in [2.45, 2.75) is 39.3 Å². The van der Waals surface area contributed by atoms with Crippen molar-refractivity contribution in [1.82, 2.24) is 0 Å². The third-order valence-electron chi connectivity index (χ3n) is 2.98. The molecule has 17 heavy (non-hydrogen) atoms. The first-order valence-corrected chi connectivity index (χ1v) is 5.89. The molecule has 0 aliphatic rings. The van der Waals surface area contributed by atoms with Crippen molar-refractivity contribution in [3.05, 3.63) is 27.8 Å². The van der Waals surface area contributed by atoms with Crippen LogP contribution >= 0.6 is 11.6 Å². The SMILES string of the molecule is COc1cc(C)c(Cl)c(C)c1C(N)C(C)(C)O. The zero-order chi connectivity index (χ0) is 13.4. The van der Waals surface area contributed by atoms with Gasteiger partial charge in [0.15, 0.2) is 0 Å². The van der Waals surface area contributed by atoms with Crippen LogP contribution in [0.15, 0.2) is 6.07 Å². The molecule has 0 aliphatic carbocycles. The lowest BCUT2D eigenvalue weighted by molar-refractivity contribution is 0.0506. The van der Waals surface area contributed by atoms with E-state index in [1.807, 2.05) is 19.9 Å². The maximum atomic E-state index is 10.0. The van der Waals surface area contributed by atoms with Crippen molar-refractivity contribution in [2.24, 2.45) is 5.73 Å². The predicted molar refractivity (Wildman–Crippen MR) is 70.7 cm³/mol. The normalized spacial score (nSPS) is 13.6. The van der Waals surface area contributed by atoms with E-state index >= 15 is 0 Å². The van der Waals surface area contributed by atoms with Gasteiger partial charge in [-0.1, -0.05) is 11.6 Å². The van der Waals surface area contributed by atoms with E-state index < -0.39 is 11.6 Å². The number of aryl methyl sites for hydroxylation is 1. The average molecular weight is 258 g/mol. The van der Waals surface area contributed by atoms with E-state index in [1.165, 1.54) is 0 Å². The van der Waals surface area contributed by atoms with E-state index in [2.05, 4.69) is 0 Å². The molecule has 0 heterocycles. The molecule has 0 aliphatic heterocycles. The molecule has 1 aromatic carbocycles. The molecule has 0 amide bonds. The quantitative estimate of drug-likeness (QED) is 0.876. The zero-order valence-electron chi connectivity index (χ0n) is 11.0. The molecule has 1 unspecified atom stereocenters. The summed E-state index contributed by atoms with van der Waals surface area (Å²) in [6.45, 7) is 7.14. The van der Waals surface area contributed by atoms with Crippen molar-refractivity contribution in [3.63, 3.8) is 0 Å². The lowest BCUT2D eigenvalue weighted by atomic mass is 9.88. The number of aliphatic hydroxyl groups is 1. The van der Waals surface area contributed by atoms with Gasteiger partial charge in [0.2, 0.25) is 0 Å². The van der Waals surface area contributed by atoms with Crippen LogP contribution in [0.25, 0.3) is 0 Å². The van der Waals surface area contributed by atoms with Gasteiger partial charge in [-0.25, -0.2) is 0 Å². The third-order valence-corrected chi connectivity index (χ3v) is 3.57. The molecular weight excluding hydrogens is 238 g/mol. The Bertz CT molecular complexity index is 424. The lowest BCUT2D eigenvalue weighted by Gasteiger charge is -2.29. The second-order valence-corrected chi connectivity index (χ2v) is 5.26. The Balaban J connectivity index is 3.46. The summed E-state index contributed by atoms with van der Waals surface area (Å²) in [4.78, 5) is 0. The van der Waals surface area contributed by atoms with Crippen molar-refractivity contribution >= 4 is 11.6 Å². The number of benzene rings is 1. The Hall–Kier alpha value is -0.770. The second-order valence-electron chi connectivity index (χ2n) is 4.88. The van der Waals surface area contributed by atoms with Crippen molar-refractivity contribution in [2.75, 3.05) is 7.11 Å². The van der Waals surface area contributed by atoms with Crippen LogP contribution in [-0.4, -0.2) is 17.8 Å². The number of halogens is 1. The Kier molecular flexibility index (Phi) is 4.07. The fourth-order valence-corrected chi connectivity index (χ4v) is 2.00. The van der Waals surface area contributed by atoms with Crippen LogP contribution in [0.1, 0.15) is 36.6 Å². The van der Waals surface area contributed by atoms with Crippen LogP contribution in [-0.2, 0) is 0 Å². The number of hydrogen-bond donors (Lipinski definition) is 2. The topological polar surface area (TPSA) is 55.5 Å². The summed E-state index contributed by atoms with van der Waals surface area (Å²) >= 11 is 6.21. The molecule has 3 nitrogen and oxygen atoms in total. The van der Waals surface area contributed by atoms with Gasteiger partial charge >= 0.3 is 0 Å². The second kappa shape index (κ2) is 4.84. The van der Waals surface area contributed by atoms with Crippen LogP contribution in [0.3, 0.4) is 0 Å². The van der Waals surface area contributed by atoms with E-state index in [4.69, 9.17) is 22.1 Å². The molecule has 0 saturated heterocycles. The number of rotatable bonds is 3. The molecule has 96 valence electrons. The molecule has 1 rings (SSSR count). The molecule has 4 heteroatoms. The Labute approximate surface area is 108 Å². The summed E-state index contributed by atoms with van der Waals surface area (Å²) in [5.41, 5.74) is 7.61. The van der Waals surface area contributed by atoms with Crippen LogP contribution < -0.4 is 10.5 Å². The number of ether oxygens (including phenoxy) is 1. The first-order valence-electron chi connectivity index (χ1n) is 5.51. The van der Waals surface area contributed by atoms with E-state index in [0.29, 0.717) is 10.8 Å². The molecule has 0 bridgehead atoms. The highest BCUT2D eigenvalue weighted by Gasteiger charge is 2.29. The molecular formula is C13H20ClNO2. The van der Waals surface area contributed by atoms with E-state index in [-0.39, 0.29) is 0 Å². The van der Waals surface area contributed by atoms with Crippen LogP contribution in [0.4, 0.5) is 0 Å². The highest BCUT2D eigenvalue weighted by atomic mass is 35.5. The fraction of sp³-hybridized carbons (Fsp3) is 0.538. The summed E-state index contributed by atoms with van der Waals surface area (Å²) in [6, 6.07) is 1.30. The van der Waals surface area contributed by atoms with Crippen LogP contribution in [0.2, 0.25) is 5.02 Å². The smallest absolute Gasteiger partial charge is 0.124 e. The summed E-state index contributed by atoms with van der Waals surface area (Å²) in [6.07, 6.45) is 0. The van der Waals surface area contributed by atoms with Crippen molar-refractivity contribution in [1.29, 1.82) is 0 Å². The van der Waals surface area contributed by atoms with Gasteiger partial charge in [-0.15, -0.1) is 0 Å². The Morgan fingerprint density at radius 1 is 1.41 bits per heavy atom. The molecule has 0 fully saturated rings. The molecule has 1 aromatic rings. The Morgan fingerprint density at radius 3 is 2.35 bits per heavy atom. The summed E-state index contributed by atoms with van der Waals surface area (Å²) in [5.74, 6) is 0.666. The number of hydrogen-bond acceptors (Lipinski definition) is 3. The van der Waals surface area contributed by atoms with Crippen LogP contribution in [0, 0.1) is 13.8 Å². The minimum absolute atomic E-state index is 0.546. The van der Waals surface area contributed by atoms with Gasteiger partial charge in [0.1, 0.15) is 5.75 Å². The monoisotopic (exact) mass is 257 g/mol. The van der Waals surface area contributed by atoms with Gasteiger partial charge in [-0.05, 0) is 44.9 Å². The largest absolute Gasteiger partial charge is 0.496 e. The molecule has 0 saturated carbocycles. The zero-order valence-corrected chi connectivity index (χ0v) is 11.7. The van der Waals surface area contributed by atoms with Gasteiger partial charge in [0, 0.05) is 10.6 Å². The van der Waals surface area contributed by atoms with Crippen molar-refractivity contribution < 1.29 is 9.84 Å². The fourth-order valence-electron chi connectivity index (χ4n) is 1.85. The number of methoxy groups -OCH3 is 1. The minimum Gasteiger partial charge on any atom is -0.496 e. The van der Waals surface area contributed by atoms with E-state index in [9.17, 15) is 5.11 Å². The molecule has 0 spiro atoms. The van der Waals surface area contributed by atoms with Crippen LogP contribution in [0.5, 0.6) is 5.75 Å². The Morgan fingerprint density at radius 2 is 1.94 bits per heavy atom. The van der Waals surface area contributed by atoms with Gasteiger partial charge < -0.3 is 15.6 Å². The molecule has 0 radical (unpaired) electrons. The van der Waals surface area contributed by atoms with Gasteiger partial charge in [0.05, 0.1) is 18.8 Å². The highest BCUT2D eigenvalue weighted by Crippen LogP contribution is 2.38. The lowest BCUT2D eigenvalue weighted by Crippen LogP contribution is -2.36. The summed E-state index contributed by atoms with van der Waals surface area (Å²) in [5, 5.41) is 10.7. The van der Waals surface area contributed by atoms with Gasteiger partial charge in [-0.3, -0.25) is 0 Å². The minimum atomic E-state index is -1.03. The van der Waals surface area contributed by atoms with Gasteiger partial charge in [0.25, 0.3) is 0 Å². The van der Waals surface area contributed by atoms with E-state index in [1.54, 1.807) is 21.0 Å². The summed E-state index contributed by atoms with van der Waals surface area (Å²) < 4.78 is 5.33. The van der Waals surface area contributed by atoms with Gasteiger partial charge in [-0.2, -0.15) is 0 Å². The molecule has 1 atom stereocenters.